The normalized spacial score (nSPS) is 13.5. The summed E-state index contributed by atoms with van der Waals surface area (Å²) in [7, 11) is 0. The molecule has 0 heterocycles. The number of ether oxygens (including phenoxy) is 2. The summed E-state index contributed by atoms with van der Waals surface area (Å²) in [5, 5.41) is 0.569. The summed E-state index contributed by atoms with van der Waals surface area (Å²) in [5.41, 5.74) is 4.98. The molecule has 18 heavy (non-hydrogen) atoms. The molecule has 0 aromatic heterocycles. The highest BCUT2D eigenvalue weighted by Crippen LogP contribution is 2.17. The first-order chi connectivity index (χ1) is 8.40. The molecule has 2 N–H and O–H groups in total. The zero-order valence-corrected chi connectivity index (χ0v) is 10.8. The Kier molecular flexibility index (Phi) is 4.97. The number of hydrogen-bond acceptors (Lipinski definition) is 4. The van der Waals surface area contributed by atoms with E-state index < -0.39 is 24.1 Å². The van der Waals surface area contributed by atoms with E-state index in [-0.39, 0.29) is 0 Å². The van der Waals surface area contributed by atoms with E-state index in [0.717, 1.165) is 0 Å². The van der Waals surface area contributed by atoms with Gasteiger partial charge in [0.2, 0.25) is 0 Å². The number of benzene rings is 1. The van der Waals surface area contributed by atoms with Gasteiger partial charge in [-0.2, -0.15) is 0 Å². The molecular formula is C12H14ClNO4. The summed E-state index contributed by atoms with van der Waals surface area (Å²) in [6, 6.07) is 6.54. The summed E-state index contributed by atoms with van der Waals surface area (Å²) >= 11 is 5.72. The van der Waals surface area contributed by atoms with Crippen molar-refractivity contribution in [3.8, 4) is 5.75 Å². The second kappa shape index (κ2) is 6.26. The average Bonchev–Trinajstić information content (AvgIpc) is 2.31. The number of primary amides is 1. The number of nitrogens with two attached hydrogens (primary N) is 1. The van der Waals surface area contributed by atoms with Gasteiger partial charge in [0.1, 0.15) is 5.75 Å². The van der Waals surface area contributed by atoms with Gasteiger partial charge in [0.15, 0.2) is 12.2 Å². The molecule has 1 aromatic rings. The lowest BCUT2D eigenvalue weighted by molar-refractivity contribution is -0.159. The number of esters is 1. The van der Waals surface area contributed by atoms with Crippen LogP contribution in [0.4, 0.5) is 0 Å². The highest BCUT2D eigenvalue weighted by atomic mass is 35.5. The summed E-state index contributed by atoms with van der Waals surface area (Å²) in [6.07, 6.45) is -1.82. The Bertz CT molecular complexity index is 432. The fraction of sp³-hybridized carbons (Fsp3) is 0.333. The van der Waals surface area contributed by atoms with E-state index in [1.807, 2.05) is 0 Å². The van der Waals surface area contributed by atoms with Crippen LogP contribution < -0.4 is 10.5 Å². The van der Waals surface area contributed by atoms with Gasteiger partial charge in [0.05, 0.1) is 0 Å². The van der Waals surface area contributed by atoms with Crippen LogP contribution in [0.25, 0.3) is 0 Å². The SMILES string of the molecule is C[C@H](Oc1ccc(Cl)cc1)C(=O)O[C@H](C)C(N)=O. The molecule has 0 unspecified atom stereocenters. The Labute approximate surface area is 110 Å². The van der Waals surface area contributed by atoms with Crippen molar-refractivity contribution in [2.75, 3.05) is 0 Å². The molecule has 0 bridgehead atoms. The number of carbonyl (C=O) groups excluding carboxylic acids is 2. The van der Waals surface area contributed by atoms with E-state index in [0.29, 0.717) is 10.8 Å². The van der Waals surface area contributed by atoms with Crippen LogP contribution in [0.5, 0.6) is 5.75 Å². The lowest BCUT2D eigenvalue weighted by atomic mass is 10.3. The number of hydrogen-bond donors (Lipinski definition) is 1. The molecule has 6 heteroatoms. The maximum atomic E-state index is 11.5. The quantitative estimate of drug-likeness (QED) is 0.824. The van der Waals surface area contributed by atoms with Crippen molar-refractivity contribution in [1.29, 1.82) is 0 Å². The minimum atomic E-state index is -0.978. The first-order valence-electron chi connectivity index (χ1n) is 5.32. The van der Waals surface area contributed by atoms with Crippen LogP contribution in [-0.4, -0.2) is 24.1 Å². The van der Waals surface area contributed by atoms with Gasteiger partial charge in [-0.05, 0) is 38.1 Å². The summed E-state index contributed by atoms with van der Waals surface area (Å²) in [4.78, 5) is 22.3. The summed E-state index contributed by atoms with van der Waals surface area (Å²) in [5.74, 6) is -0.881. The molecule has 0 saturated heterocycles. The van der Waals surface area contributed by atoms with Crippen molar-refractivity contribution in [2.45, 2.75) is 26.1 Å². The third-order valence-corrected chi connectivity index (χ3v) is 2.40. The van der Waals surface area contributed by atoms with Gasteiger partial charge in [0.25, 0.3) is 5.91 Å². The second-order valence-electron chi connectivity index (χ2n) is 3.70. The molecule has 5 nitrogen and oxygen atoms in total. The zero-order valence-electron chi connectivity index (χ0n) is 10.1. The molecule has 0 aliphatic heterocycles. The van der Waals surface area contributed by atoms with Gasteiger partial charge >= 0.3 is 5.97 Å². The van der Waals surface area contributed by atoms with Crippen molar-refractivity contribution in [2.24, 2.45) is 5.73 Å². The van der Waals surface area contributed by atoms with E-state index in [1.54, 1.807) is 24.3 Å². The van der Waals surface area contributed by atoms with Crippen molar-refractivity contribution in [3.63, 3.8) is 0 Å². The first kappa shape index (κ1) is 14.3. The number of rotatable bonds is 5. The molecular weight excluding hydrogens is 258 g/mol. The molecule has 1 rings (SSSR count). The standard InChI is InChI=1S/C12H14ClNO4/c1-7(11(14)15)18-12(16)8(2)17-10-5-3-9(13)4-6-10/h3-8H,1-2H3,(H2,14,15)/t7-,8+/m1/s1. The first-order valence-corrected chi connectivity index (χ1v) is 5.70. The maximum Gasteiger partial charge on any atom is 0.347 e. The summed E-state index contributed by atoms with van der Waals surface area (Å²) in [6.45, 7) is 2.92. The van der Waals surface area contributed by atoms with Crippen LogP contribution in [0.1, 0.15) is 13.8 Å². The Morgan fingerprint density at radius 3 is 2.22 bits per heavy atom. The molecule has 0 radical (unpaired) electrons. The highest BCUT2D eigenvalue weighted by Gasteiger charge is 2.21. The van der Waals surface area contributed by atoms with Gasteiger partial charge in [-0.3, -0.25) is 4.79 Å². The van der Waals surface area contributed by atoms with Crippen molar-refractivity contribution in [3.05, 3.63) is 29.3 Å². The van der Waals surface area contributed by atoms with Crippen LogP contribution in [0.3, 0.4) is 0 Å². The van der Waals surface area contributed by atoms with Crippen LogP contribution in [-0.2, 0) is 14.3 Å². The topological polar surface area (TPSA) is 78.6 Å². The Hall–Kier alpha value is -1.75. The number of carbonyl (C=O) groups is 2. The molecule has 0 saturated carbocycles. The summed E-state index contributed by atoms with van der Waals surface area (Å²) < 4.78 is 10.1. The van der Waals surface area contributed by atoms with Crippen LogP contribution in [0.15, 0.2) is 24.3 Å². The largest absolute Gasteiger partial charge is 0.479 e. The van der Waals surface area contributed by atoms with Crippen LogP contribution in [0.2, 0.25) is 5.02 Å². The molecule has 1 amide bonds. The van der Waals surface area contributed by atoms with E-state index >= 15 is 0 Å². The molecule has 0 fully saturated rings. The average molecular weight is 272 g/mol. The molecule has 98 valence electrons. The van der Waals surface area contributed by atoms with Crippen molar-refractivity contribution < 1.29 is 19.1 Å². The fourth-order valence-corrected chi connectivity index (χ4v) is 1.22. The highest BCUT2D eigenvalue weighted by molar-refractivity contribution is 6.30. The van der Waals surface area contributed by atoms with E-state index in [1.165, 1.54) is 13.8 Å². The Morgan fingerprint density at radius 1 is 1.17 bits per heavy atom. The minimum Gasteiger partial charge on any atom is -0.479 e. The third-order valence-electron chi connectivity index (χ3n) is 2.15. The monoisotopic (exact) mass is 271 g/mol. The Balaban J connectivity index is 2.54. The zero-order chi connectivity index (χ0) is 13.7. The maximum absolute atomic E-state index is 11.5. The van der Waals surface area contributed by atoms with Gasteiger partial charge in [-0.15, -0.1) is 0 Å². The predicted octanol–water partition coefficient (Wildman–Crippen LogP) is 1.52. The fourth-order valence-electron chi connectivity index (χ4n) is 1.09. The minimum absolute atomic E-state index is 0.482. The van der Waals surface area contributed by atoms with Gasteiger partial charge < -0.3 is 15.2 Å². The molecule has 0 aliphatic carbocycles. The number of amides is 1. The van der Waals surface area contributed by atoms with E-state index in [4.69, 9.17) is 26.8 Å². The van der Waals surface area contributed by atoms with Crippen LogP contribution >= 0.6 is 11.6 Å². The molecule has 2 atom stereocenters. The van der Waals surface area contributed by atoms with Gasteiger partial charge in [0, 0.05) is 5.02 Å². The van der Waals surface area contributed by atoms with Crippen molar-refractivity contribution >= 4 is 23.5 Å². The number of halogens is 1. The lowest BCUT2D eigenvalue weighted by Gasteiger charge is -2.16. The van der Waals surface area contributed by atoms with E-state index in [2.05, 4.69) is 0 Å². The smallest absolute Gasteiger partial charge is 0.347 e. The Morgan fingerprint density at radius 2 is 1.72 bits per heavy atom. The van der Waals surface area contributed by atoms with E-state index in [9.17, 15) is 9.59 Å². The molecule has 0 aliphatic rings. The van der Waals surface area contributed by atoms with Crippen molar-refractivity contribution in [1.82, 2.24) is 0 Å². The second-order valence-corrected chi connectivity index (χ2v) is 4.13. The third kappa shape index (κ3) is 4.25. The molecule has 0 spiro atoms. The van der Waals surface area contributed by atoms with Gasteiger partial charge in [-0.25, -0.2) is 4.79 Å². The van der Waals surface area contributed by atoms with Crippen LogP contribution in [0, 0.1) is 0 Å². The lowest BCUT2D eigenvalue weighted by Crippen LogP contribution is -2.35. The van der Waals surface area contributed by atoms with Gasteiger partial charge in [-0.1, -0.05) is 11.6 Å². The predicted molar refractivity (Wildman–Crippen MR) is 66.3 cm³/mol. The molecule has 1 aromatic carbocycles.